The minimum atomic E-state index is -4.57. The van der Waals surface area contributed by atoms with Crippen LogP contribution in [-0.2, 0) is 22.3 Å². The van der Waals surface area contributed by atoms with Crippen molar-refractivity contribution in [2.75, 3.05) is 13.1 Å². The lowest BCUT2D eigenvalue weighted by molar-refractivity contribution is -0.138. The number of halogens is 4. The van der Waals surface area contributed by atoms with Crippen LogP contribution in [0.15, 0.2) is 93.0 Å². The number of aromatic nitrogens is 1. The Hall–Kier alpha value is -3.70. The van der Waals surface area contributed by atoms with Gasteiger partial charge in [0.1, 0.15) is 6.04 Å². The molecule has 1 aromatic carbocycles. The molecule has 5 rings (SSSR count). The number of fused-ring (bicyclic) bond motifs is 1. The van der Waals surface area contributed by atoms with E-state index >= 15 is 0 Å². The van der Waals surface area contributed by atoms with Gasteiger partial charge in [-0.2, -0.15) is 13.2 Å². The number of rotatable bonds is 8. The molecule has 3 aliphatic rings. The summed E-state index contributed by atoms with van der Waals surface area (Å²) in [6.07, 6.45) is 7.98. The molecule has 3 unspecified atom stereocenters. The van der Waals surface area contributed by atoms with Crippen molar-refractivity contribution in [2.24, 2.45) is 21.8 Å². The Kier molecular flexibility index (Phi) is 8.74. The van der Waals surface area contributed by atoms with Gasteiger partial charge in [-0.1, -0.05) is 24.3 Å². The maximum Gasteiger partial charge on any atom is 0.416 e. The van der Waals surface area contributed by atoms with Crippen molar-refractivity contribution in [3.05, 3.63) is 99.7 Å². The van der Waals surface area contributed by atoms with E-state index in [2.05, 4.69) is 31.2 Å². The van der Waals surface area contributed by atoms with Crippen molar-refractivity contribution < 1.29 is 22.8 Å². The van der Waals surface area contributed by atoms with Gasteiger partial charge in [0, 0.05) is 55.2 Å². The lowest BCUT2D eigenvalue weighted by atomic mass is 9.86. The Morgan fingerprint density at radius 3 is 2.85 bits per heavy atom. The Labute approximate surface area is 243 Å². The van der Waals surface area contributed by atoms with Gasteiger partial charge in [-0.05, 0) is 70.7 Å². The normalized spacial score (nSPS) is 21.9. The second-order valence-electron chi connectivity index (χ2n) is 10.1. The fourth-order valence-corrected chi connectivity index (χ4v) is 5.86. The maximum absolute atomic E-state index is 13.4. The van der Waals surface area contributed by atoms with Gasteiger partial charge >= 0.3 is 6.18 Å². The van der Waals surface area contributed by atoms with Crippen LogP contribution >= 0.6 is 15.9 Å². The van der Waals surface area contributed by atoms with Crippen LogP contribution in [0.1, 0.15) is 35.6 Å². The largest absolute Gasteiger partial charge is 0.416 e. The number of alkyl halides is 3. The Morgan fingerprint density at radius 2 is 2.10 bits per heavy atom. The van der Waals surface area contributed by atoms with Crippen molar-refractivity contribution in [2.45, 2.75) is 31.6 Å². The molecule has 0 amide bonds. The van der Waals surface area contributed by atoms with E-state index in [9.17, 15) is 22.8 Å². The van der Waals surface area contributed by atoms with Gasteiger partial charge < -0.3 is 5.32 Å². The summed E-state index contributed by atoms with van der Waals surface area (Å²) < 4.78 is 41.1. The molecule has 0 aliphatic carbocycles. The van der Waals surface area contributed by atoms with Gasteiger partial charge in [0.2, 0.25) is 5.78 Å². The summed E-state index contributed by atoms with van der Waals surface area (Å²) in [7, 11) is 0. The number of ketones is 1. The van der Waals surface area contributed by atoms with Crippen LogP contribution in [0.2, 0.25) is 0 Å². The maximum atomic E-state index is 13.4. The smallest absolute Gasteiger partial charge is 0.383 e. The molecule has 1 fully saturated rings. The first-order valence-corrected chi connectivity index (χ1v) is 14.0. The van der Waals surface area contributed by atoms with E-state index < -0.39 is 23.6 Å². The summed E-state index contributed by atoms with van der Waals surface area (Å²) in [6.45, 7) is 1.36. The van der Waals surface area contributed by atoms with Crippen molar-refractivity contribution in [3.63, 3.8) is 0 Å². The topological polar surface area (TPSA) is 87.0 Å². The highest BCUT2D eigenvalue weighted by atomic mass is 79.9. The monoisotopic (exact) mass is 625 g/mol. The Bertz CT molecular complexity index is 1470. The number of carbonyl (C=O) groups is 2. The molecule has 212 valence electrons. The number of allylic oxidation sites excluding steroid dienone is 2. The van der Waals surface area contributed by atoms with E-state index in [1.807, 2.05) is 24.3 Å². The second kappa shape index (κ2) is 12.4. The average molecular weight is 626 g/mol. The molecule has 7 nitrogen and oxygen atoms in total. The third kappa shape index (κ3) is 6.62. The van der Waals surface area contributed by atoms with E-state index in [1.165, 1.54) is 12.1 Å². The second-order valence-corrected chi connectivity index (χ2v) is 10.9. The zero-order valence-corrected chi connectivity index (χ0v) is 23.5. The van der Waals surface area contributed by atoms with Crippen LogP contribution in [0.4, 0.5) is 13.2 Å². The third-order valence-corrected chi connectivity index (χ3v) is 7.96. The van der Waals surface area contributed by atoms with Crippen molar-refractivity contribution in [1.82, 2.24) is 15.2 Å². The van der Waals surface area contributed by atoms with E-state index in [1.54, 1.807) is 29.7 Å². The average Bonchev–Trinajstić information content (AvgIpc) is 3.17. The van der Waals surface area contributed by atoms with E-state index in [0.717, 1.165) is 45.7 Å². The Balaban J connectivity index is 1.45. The fourth-order valence-electron chi connectivity index (χ4n) is 5.41. The molecule has 41 heavy (non-hydrogen) atoms. The highest BCUT2D eigenvalue weighted by Crippen LogP contribution is 2.37. The Morgan fingerprint density at radius 1 is 1.24 bits per heavy atom. The van der Waals surface area contributed by atoms with Gasteiger partial charge in [0.15, 0.2) is 6.29 Å². The number of hydrogen-bond acceptors (Lipinski definition) is 7. The highest BCUT2D eigenvalue weighted by molar-refractivity contribution is 9.12. The number of pyridine rings is 1. The first kappa shape index (κ1) is 28.8. The molecule has 3 aliphatic heterocycles. The van der Waals surface area contributed by atoms with Crippen LogP contribution in [0.5, 0.6) is 0 Å². The molecule has 0 radical (unpaired) electrons. The van der Waals surface area contributed by atoms with Crippen molar-refractivity contribution >= 4 is 39.9 Å². The van der Waals surface area contributed by atoms with Gasteiger partial charge in [-0.15, -0.1) is 0 Å². The third-order valence-electron chi connectivity index (χ3n) is 7.35. The molecule has 1 saturated heterocycles. The first-order chi connectivity index (χ1) is 19.7. The lowest BCUT2D eigenvalue weighted by Crippen LogP contribution is -2.44. The molecule has 3 atom stereocenters. The summed E-state index contributed by atoms with van der Waals surface area (Å²) in [6, 6.07) is 7.39. The van der Waals surface area contributed by atoms with Gasteiger partial charge in [0.05, 0.1) is 21.7 Å². The zero-order chi connectivity index (χ0) is 29.0. The number of carbonyl (C=O) groups excluding carboxylic acids is 2. The van der Waals surface area contributed by atoms with Crippen molar-refractivity contribution in [1.29, 1.82) is 0 Å². The van der Waals surface area contributed by atoms with Crippen LogP contribution in [0.3, 0.4) is 0 Å². The summed E-state index contributed by atoms with van der Waals surface area (Å²) >= 11 is 3.60. The number of hydrogen-bond donors (Lipinski definition) is 1. The van der Waals surface area contributed by atoms with Gasteiger partial charge in [0.25, 0.3) is 0 Å². The predicted molar refractivity (Wildman–Crippen MR) is 153 cm³/mol. The number of aliphatic imine (C=N–C) groups is 2. The molecule has 2 aromatic rings. The molecule has 4 heterocycles. The van der Waals surface area contributed by atoms with E-state index in [4.69, 9.17) is 4.99 Å². The highest BCUT2D eigenvalue weighted by Gasteiger charge is 2.37. The quantitative estimate of drug-likeness (QED) is 0.306. The molecule has 0 spiro atoms. The number of nitrogens with one attached hydrogen (secondary N) is 1. The summed E-state index contributed by atoms with van der Waals surface area (Å²) in [5.41, 5.74) is 2.79. The standard InChI is InChI=1S/C30H27BrF3N5O2/c31-24-16-36-10-8-23-26(37-15-19-4-2-9-35-14-19)13-25(38-28(23)24)21-6-3-11-39(17-21)29(27(41)18-40)20-5-1-7-22(12-20)30(32,33)34/h1-2,4-5,7-10,12-14,16,18,21,23,29,37H,3,6,11,15,17H2. The molecule has 0 saturated carbocycles. The van der Waals surface area contributed by atoms with Crippen LogP contribution < -0.4 is 5.32 Å². The van der Waals surface area contributed by atoms with Crippen LogP contribution in [0.25, 0.3) is 0 Å². The zero-order valence-electron chi connectivity index (χ0n) is 21.9. The number of benzene rings is 1. The predicted octanol–water partition coefficient (Wildman–Crippen LogP) is 5.57. The molecule has 0 bridgehead atoms. The van der Waals surface area contributed by atoms with Crippen molar-refractivity contribution in [3.8, 4) is 0 Å². The minimum absolute atomic E-state index is 0.121. The lowest BCUT2D eigenvalue weighted by Gasteiger charge is -2.38. The molecular weight excluding hydrogens is 599 g/mol. The summed E-state index contributed by atoms with van der Waals surface area (Å²) in [5.74, 6) is -1.06. The van der Waals surface area contributed by atoms with Crippen LogP contribution in [0, 0.1) is 11.8 Å². The number of likely N-dealkylation sites (tertiary alicyclic amines) is 1. The molecule has 1 N–H and O–H groups in total. The number of piperidine rings is 1. The summed E-state index contributed by atoms with van der Waals surface area (Å²) in [4.78, 5) is 39.7. The number of nitrogens with zero attached hydrogens (tertiary/aromatic N) is 4. The number of aldehydes is 1. The molecular formula is C30H27BrF3N5O2. The van der Waals surface area contributed by atoms with E-state index in [-0.39, 0.29) is 23.7 Å². The van der Waals surface area contributed by atoms with E-state index in [0.29, 0.717) is 26.1 Å². The fraction of sp³-hybridized carbons (Fsp3) is 0.300. The first-order valence-electron chi connectivity index (χ1n) is 13.2. The van der Waals surface area contributed by atoms with Crippen LogP contribution in [-0.4, -0.2) is 47.0 Å². The molecule has 1 aromatic heterocycles. The van der Waals surface area contributed by atoms with Gasteiger partial charge in [-0.25, -0.2) is 0 Å². The SMILES string of the molecule is O=CC(=O)C(c1cccc(C(F)(F)F)c1)N1CCCC(C2=NC3=C(Br)C=NC=CC3C(NCc3cccnc3)=C2)C1. The number of Topliss-reactive ketones (excluding diaryl/α,β-unsaturated/α-hetero) is 1. The molecule has 11 heteroatoms. The number of dihydropyridines is 1. The minimum Gasteiger partial charge on any atom is -0.383 e. The summed E-state index contributed by atoms with van der Waals surface area (Å²) in [5, 5.41) is 3.52. The van der Waals surface area contributed by atoms with Gasteiger partial charge in [-0.3, -0.25) is 29.5 Å².